The van der Waals surface area contributed by atoms with Gasteiger partial charge in [-0.15, -0.1) is 0 Å². The van der Waals surface area contributed by atoms with E-state index in [9.17, 15) is 4.79 Å². The number of carbonyl (C=O) groups excluding carboxylic acids is 1. The number of anilines is 2. The number of nitrogens with two attached hydrogens (primary N) is 1. The number of amides is 1. The minimum atomic E-state index is -0.287. The third-order valence-electron chi connectivity index (χ3n) is 3.46. The lowest BCUT2D eigenvalue weighted by Crippen LogP contribution is -2.07. The molecule has 3 N–H and O–H groups in total. The maximum atomic E-state index is 11.5. The first kappa shape index (κ1) is 15.1. The highest BCUT2D eigenvalue weighted by atomic mass is 35.5. The topological polar surface area (TPSA) is 68.0 Å². The minimum absolute atomic E-state index is 0.287. The van der Waals surface area contributed by atoms with Crippen molar-refractivity contribution in [2.45, 2.75) is 0 Å². The summed E-state index contributed by atoms with van der Waals surface area (Å²) in [6.45, 7) is 3.44. The number of nitrogen functional groups attached to an aromatic ring is 1. The number of pyridine rings is 1. The van der Waals surface area contributed by atoms with Gasteiger partial charge < -0.3 is 11.1 Å². The van der Waals surface area contributed by atoms with E-state index in [2.05, 4.69) is 16.9 Å². The van der Waals surface area contributed by atoms with Crippen molar-refractivity contribution in [2.24, 2.45) is 0 Å². The van der Waals surface area contributed by atoms with Crippen LogP contribution in [-0.4, -0.2) is 10.9 Å². The molecule has 1 heterocycles. The number of hydrogen-bond donors (Lipinski definition) is 2. The smallest absolute Gasteiger partial charge is 0.247 e. The highest BCUT2D eigenvalue weighted by Gasteiger charge is 2.07. The number of rotatable bonds is 3. The van der Waals surface area contributed by atoms with Crippen molar-refractivity contribution in [2.75, 3.05) is 11.1 Å². The molecule has 3 rings (SSSR count). The molecule has 4 nitrogen and oxygen atoms in total. The van der Waals surface area contributed by atoms with Gasteiger partial charge in [-0.1, -0.05) is 24.2 Å². The molecule has 5 heteroatoms. The van der Waals surface area contributed by atoms with Crippen LogP contribution in [0.4, 0.5) is 11.4 Å². The van der Waals surface area contributed by atoms with Gasteiger partial charge >= 0.3 is 0 Å². The van der Waals surface area contributed by atoms with Crippen LogP contribution in [-0.2, 0) is 4.79 Å². The lowest BCUT2D eigenvalue weighted by atomic mass is 10.0. The maximum absolute atomic E-state index is 11.5. The van der Waals surface area contributed by atoms with Crippen molar-refractivity contribution < 1.29 is 4.79 Å². The first-order chi connectivity index (χ1) is 11.1. The van der Waals surface area contributed by atoms with Crippen LogP contribution < -0.4 is 11.1 Å². The summed E-state index contributed by atoms with van der Waals surface area (Å²) in [5.74, 6) is -0.287. The number of benzene rings is 2. The number of nitrogens with one attached hydrogen (secondary N) is 1. The molecule has 1 aromatic heterocycles. The van der Waals surface area contributed by atoms with E-state index >= 15 is 0 Å². The molecule has 0 saturated carbocycles. The fraction of sp³-hybridized carbons (Fsp3) is 0. The number of aromatic nitrogens is 1. The molecule has 114 valence electrons. The number of fused-ring (bicyclic) bond motifs is 1. The second-order valence-electron chi connectivity index (χ2n) is 5.05. The van der Waals surface area contributed by atoms with Crippen molar-refractivity contribution in [3.05, 3.63) is 66.3 Å². The van der Waals surface area contributed by atoms with Gasteiger partial charge in [0.2, 0.25) is 5.91 Å². The molecular formula is C18H14ClN3O. The molecule has 2 aromatic carbocycles. The van der Waals surface area contributed by atoms with Crippen LogP contribution >= 0.6 is 11.6 Å². The molecule has 1 amide bonds. The van der Waals surface area contributed by atoms with Crippen molar-refractivity contribution in [3.63, 3.8) is 0 Å². The van der Waals surface area contributed by atoms with Gasteiger partial charge in [-0.3, -0.25) is 9.78 Å². The molecule has 0 atom stereocenters. The molecule has 0 aliphatic carbocycles. The van der Waals surface area contributed by atoms with Gasteiger partial charge in [0.1, 0.15) is 0 Å². The number of nitrogens with zero attached hydrogens (tertiary/aromatic N) is 1. The molecular weight excluding hydrogens is 310 g/mol. The third kappa shape index (κ3) is 3.17. The summed E-state index contributed by atoms with van der Waals surface area (Å²) in [5.41, 5.74) is 9.93. The largest absolute Gasteiger partial charge is 0.398 e. The fourth-order valence-corrected chi connectivity index (χ4v) is 2.60. The van der Waals surface area contributed by atoms with E-state index in [-0.39, 0.29) is 5.91 Å². The predicted octanol–water partition coefficient (Wildman–Crippen LogP) is 4.26. The van der Waals surface area contributed by atoms with E-state index in [4.69, 9.17) is 17.3 Å². The summed E-state index contributed by atoms with van der Waals surface area (Å²) >= 11 is 6.16. The van der Waals surface area contributed by atoms with Gasteiger partial charge in [0.25, 0.3) is 0 Å². The lowest BCUT2D eigenvalue weighted by Gasteiger charge is -2.09. The Balaban J connectivity index is 2.09. The number of carbonyl (C=O) groups is 1. The Morgan fingerprint density at radius 3 is 2.78 bits per heavy atom. The Morgan fingerprint density at radius 2 is 2.00 bits per heavy atom. The zero-order valence-electron chi connectivity index (χ0n) is 12.2. The minimum Gasteiger partial charge on any atom is -0.398 e. The second kappa shape index (κ2) is 6.10. The summed E-state index contributed by atoms with van der Waals surface area (Å²) in [5, 5.41) is 4.12. The molecule has 0 aliphatic heterocycles. The Labute approximate surface area is 138 Å². The predicted molar refractivity (Wildman–Crippen MR) is 95.4 cm³/mol. The Hall–Kier alpha value is -2.85. The quantitative estimate of drug-likeness (QED) is 0.707. The molecule has 0 bridgehead atoms. The van der Waals surface area contributed by atoms with E-state index < -0.39 is 0 Å². The average molecular weight is 324 g/mol. The van der Waals surface area contributed by atoms with Crippen LogP contribution in [0.25, 0.3) is 22.0 Å². The summed E-state index contributed by atoms with van der Waals surface area (Å²) in [7, 11) is 0. The van der Waals surface area contributed by atoms with Crippen molar-refractivity contribution in [1.82, 2.24) is 4.98 Å². The SMILES string of the molecule is C=CC(=O)Nc1cc(Cl)cc(-c2ccc3nccc(N)c3c2)c1. The van der Waals surface area contributed by atoms with E-state index in [0.29, 0.717) is 16.4 Å². The van der Waals surface area contributed by atoms with Gasteiger partial charge in [0.05, 0.1) is 5.52 Å². The monoisotopic (exact) mass is 323 g/mol. The van der Waals surface area contributed by atoms with Gasteiger partial charge in [0.15, 0.2) is 0 Å². The van der Waals surface area contributed by atoms with Crippen LogP contribution in [0.15, 0.2) is 61.3 Å². The Kier molecular flexibility index (Phi) is 4.00. The zero-order valence-corrected chi connectivity index (χ0v) is 13.0. The number of halogens is 1. The highest BCUT2D eigenvalue weighted by Crippen LogP contribution is 2.30. The zero-order chi connectivity index (χ0) is 16.4. The van der Waals surface area contributed by atoms with Crippen molar-refractivity contribution in [1.29, 1.82) is 0 Å². The third-order valence-corrected chi connectivity index (χ3v) is 3.68. The van der Waals surface area contributed by atoms with E-state index in [1.165, 1.54) is 6.08 Å². The van der Waals surface area contributed by atoms with Crippen LogP contribution in [0.1, 0.15) is 0 Å². The van der Waals surface area contributed by atoms with Crippen molar-refractivity contribution in [3.8, 4) is 11.1 Å². The van der Waals surface area contributed by atoms with Gasteiger partial charge in [-0.25, -0.2) is 0 Å². The summed E-state index contributed by atoms with van der Waals surface area (Å²) in [6, 6.07) is 12.9. The van der Waals surface area contributed by atoms with Crippen LogP contribution in [0.3, 0.4) is 0 Å². The standard InChI is InChI=1S/C18H14ClN3O/c1-2-18(23)22-14-8-12(7-13(19)10-14)11-3-4-17-15(9-11)16(20)5-6-21-17/h2-10H,1H2,(H2,20,21)(H,22,23). The molecule has 0 fully saturated rings. The molecule has 0 aliphatic rings. The first-order valence-electron chi connectivity index (χ1n) is 6.95. The van der Waals surface area contributed by atoms with Gasteiger partial charge in [-0.2, -0.15) is 0 Å². The normalized spacial score (nSPS) is 10.5. The van der Waals surface area contributed by atoms with Gasteiger partial charge in [-0.05, 0) is 53.6 Å². The molecule has 0 spiro atoms. The Bertz CT molecular complexity index is 921. The Morgan fingerprint density at radius 1 is 1.17 bits per heavy atom. The summed E-state index contributed by atoms with van der Waals surface area (Å²) in [4.78, 5) is 15.8. The van der Waals surface area contributed by atoms with Crippen LogP contribution in [0.5, 0.6) is 0 Å². The summed E-state index contributed by atoms with van der Waals surface area (Å²) < 4.78 is 0. The van der Waals surface area contributed by atoms with E-state index in [1.807, 2.05) is 30.3 Å². The van der Waals surface area contributed by atoms with E-state index in [1.54, 1.807) is 18.3 Å². The average Bonchev–Trinajstić information content (AvgIpc) is 2.54. The van der Waals surface area contributed by atoms with E-state index in [0.717, 1.165) is 22.0 Å². The molecule has 3 aromatic rings. The maximum Gasteiger partial charge on any atom is 0.247 e. The van der Waals surface area contributed by atoms with Crippen molar-refractivity contribution >= 4 is 39.8 Å². The summed E-state index contributed by atoms with van der Waals surface area (Å²) in [6.07, 6.45) is 2.89. The highest BCUT2D eigenvalue weighted by molar-refractivity contribution is 6.31. The molecule has 0 unspecified atom stereocenters. The first-order valence-corrected chi connectivity index (χ1v) is 7.33. The molecule has 0 saturated heterocycles. The van der Waals surface area contributed by atoms with Crippen LogP contribution in [0, 0.1) is 0 Å². The second-order valence-corrected chi connectivity index (χ2v) is 5.49. The fourth-order valence-electron chi connectivity index (χ4n) is 2.37. The van der Waals surface area contributed by atoms with Gasteiger partial charge in [0, 0.05) is 28.0 Å². The van der Waals surface area contributed by atoms with Crippen LogP contribution in [0.2, 0.25) is 5.02 Å². The molecule has 23 heavy (non-hydrogen) atoms. The number of hydrogen-bond acceptors (Lipinski definition) is 3. The molecule has 0 radical (unpaired) electrons. The lowest BCUT2D eigenvalue weighted by molar-refractivity contribution is -0.111.